The van der Waals surface area contributed by atoms with Gasteiger partial charge in [0.2, 0.25) is 5.91 Å². The first kappa shape index (κ1) is 19.9. The van der Waals surface area contributed by atoms with Crippen molar-refractivity contribution in [2.45, 2.75) is 32.2 Å². The molecule has 0 spiro atoms. The number of hydrogen-bond donors (Lipinski definition) is 0. The second kappa shape index (κ2) is 8.95. The number of urea groups is 1. The van der Waals surface area contributed by atoms with Crippen LogP contribution in [0.2, 0.25) is 0 Å². The van der Waals surface area contributed by atoms with Crippen molar-refractivity contribution in [2.24, 2.45) is 5.92 Å². The number of carbonyl (C=O) groups excluding carboxylic acids is 2. The largest absolute Gasteiger partial charge is 0.325 e. The molecule has 0 aliphatic carbocycles. The third-order valence-corrected chi connectivity index (χ3v) is 6.65. The van der Waals surface area contributed by atoms with E-state index in [1.807, 2.05) is 27.3 Å². The number of piperidine rings is 1. The first-order valence-corrected chi connectivity index (χ1v) is 11.1. The van der Waals surface area contributed by atoms with Crippen LogP contribution in [-0.4, -0.2) is 47.9 Å². The van der Waals surface area contributed by atoms with Gasteiger partial charge < -0.3 is 14.7 Å². The highest BCUT2D eigenvalue weighted by atomic mass is 32.1. The van der Waals surface area contributed by atoms with E-state index >= 15 is 0 Å². The van der Waals surface area contributed by atoms with E-state index in [0.717, 1.165) is 30.8 Å². The molecule has 3 heterocycles. The summed E-state index contributed by atoms with van der Waals surface area (Å²) in [6, 6.07) is 10.2. The lowest BCUT2D eigenvalue weighted by Crippen LogP contribution is -2.48. The van der Waals surface area contributed by atoms with Gasteiger partial charge in [0.25, 0.3) is 0 Å². The molecule has 0 radical (unpaired) electrons. The number of halogens is 1. The summed E-state index contributed by atoms with van der Waals surface area (Å²) < 4.78 is 13.4. The Bertz CT molecular complexity index is 826. The van der Waals surface area contributed by atoms with Crippen LogP contribution >= 0.6 is 11.3 Å². The Morgan fingerprint density at radius 3 is 2.28 bits per heavy atom. The van der Waals surface area contributed by atoms with Crippen molar-refractivity contribution >= 4 is 29.0 Å². The Balaban J connectivity index is 1.43. The maximum atomic E-state index is 13.4. The number of likely N-dealkylation sites (tertiary alicyclic amines) is 2. The first-order valence-electron chi connectivity index (χ1n) is 10.2. The lowest BCUT2D eigenvalue weighted by atomic mass is 9.95. The normalized spacial score (nSPS) is 17.6. The van der Waals surface area contributed by atoms with Gasteiger partial charge in [-0.3, -0.25) is 4.79 Å². The van der Waals surface area contributed by atoms with Gasteiger partial charge in [-0.2, -0.15) is 0 Å². The zero-order valence-electron chi connectivity index (χ0n) is 16.4. The number of hydrogen-bond acceptors (Lipinski definition) is 3. The maximum Gasteiger partial charge on any atom is 0.319 e. The average Bonchev–Trinajstić information content (AvgIpc) is 3.46. The number of rotatable bonds is 4. The van der Waals surface area contributed by atoms with Crippen LogP contribution in [0, 0.1) is 11.7 Å². The van der Waals surface area contributed by atoms with Crippen molar-refractivity contribution in [3.63, 3.8) is 0 Å². The monoisotopic (exact) mass is 415 g/mol. The summed E-state index contributed by atoms with van der Waals surface area (Å²) in [5, 5.41) is 1.99. The summed E-state index contributed by atoms with van der Waals surface area (Å²) in [5.41, 5.74) is 0.709. The van der Waals surface area contributed by atoms with Crippen molar-refractivity contribution in [2.75, 3.05) is 31.1 Å². The Morgan fingerprint density at radius 1 is 1.00 bits per heavy atom. The molecule has 0 atom stereocenters. The minimum atomic E-state index is -0.314. The van der Waals surface area contributed by atoms with E-state index in [2.05, 4.69) is 0 Å². The minimum Gasteiger partial charge on any atom is -0.325 e. The van der Waals surface area contributed by atoms with E-state index in [-0.39, 0.29) is 23.7 Å². The molecule has 0 N–H and O–H groups in total. The van der Waals surface area contributed by atoms with Crippen molar-refractivity contribution < 1.29 is 14.0 Å². The Kier molecular flexibility index (Phi) is 6.13. The lowest BCUT2D eigenvalue weighted by Gasteiger charge is -2.36. The quantitative estimate of drug-likeness (QED) is 0.745. The van der Waals surface area contributed by atoms with Crippen molar-refractivity contribution in [3.05, 3.63) is 52.5 Å². The van der Waals surface area contributed by atoms with Crippen LogP contribution in [0.4, 0.5) is 14.9 Å². The van der Waals surface area contributed by atoms with E-state index in [4.69, 9.17) is 0 Å². The summed E-state index contributed by atoms with van der Waals surface area (Å²) in [5.74, 6) is -0.382. The molecule has 1 aromatic carbocycles. The molecule has 2 aliphatic heterocycles. The van der Waals surface area contributed by atoms with Crippen LogP contribution in [0.25, 0.3) is 0 Å². The van der Waals surface area contributed by atoms with E-state index in [9.17, 15) is 14.0 Å². The van der Waals surface area contributed by atoms with Gasteiger partial charge in [0.15, 0.2) is 0 Å². The summed E-state index contributed by atoms with van der Waals surface area (Å²) in [7, 11) is 0. The van der Waals surface area contributed by atoms with Gasteiger partial charge in [-0.25, -0.2) is 9.18 Å². The smallest absolute Gasteiger partial charge is 0.319 e. The third-order valence-electron chi connectivity index (χ3n) is 5.79. The zero-order valence-corrected chi connectivity index (χ0v) is 17.2. The zero-order chi connectivity index (χ0) is 20.2. The fraction of sp³-hybridized carbons (Fsp3) is 0.455. The van der Waals surface area contributed by atoms with Crippen LogP contribution in [0.5, 0.6) is 0 Å². The predicted octanol–water partition coefficient (Wildman–Crippen LogP) is 4.35. The third kappa shape index (κ3) is 4.61. The average molecular weight is 416 g/mol. The molecular formula is C22H26FN3O2S. The summed E-state index contributed by atoms with van der Waals surface area (Å²) in [4.78, 5) is 32.6. The van der Waals surface area contributed by atoms with Crippen LogP contribution in [0.3, 0.4) is 0 Å². The van der Waals surface area contributed by atoms with E-state index < -0.39 is 0 Å². The number of nitrogens with zero attached hydrogens (tertiary/aromatic N) is 3. The standard InChI is InChI=1S/C22H26FN3O2S/c23-18-5-7-19(8-6-18)26(16-20-4-3-15-29-20)21(27)17-9-13-25(14-10-17)22(28)24-11-1-2-12-24/h3-8,15,17H,1-2,9-14,16H2. The molecule has 2 fully saturated rings. The predicted molar refractivity (Wildman–Crippen MR) is 112 cm³/mol. The molecule has 0 unspecified atom stereocenters. The number of anilines is 1. The van der Waals surface area contributed by atoms with Crippen molar-refractivity contribution in [1.82, 2.24) is 9.80 Å². The van der Waals surface area contributed by atoms with Gasteiger partial charge in [0.05, 0.1) is 6.54 Å². The highest BCUT2D eigenvalue weighted by Gasteiger charge is 2.33. The summed E-state index contributed by atoms with van der Waals surface area (Å²) in [6.45, 7) is 3.40. The van der Waals surface area contributed by atoms with Gasteiger partial charge in [0.1, 0.15) is 5.82 Å². The lowest BCUT2D eigenvalue weighted by molar-refractivity contribution is -0.123. The van der Waals surface area contributed by atoms with E-state index in [1.165, 1.54) is 12.1 Å². The molecule has 29 heavy (non-hydrogen) atoms. The molecule has 1 aromatic heterocycles. The fourth-order valence-corrected chi connectivity index (χ4v) is 4.82. The van der Waals surface area contributed by atoms with Crippen molar-refractivity contribution in [3.8, 4) is 0 Å². The Morgan fingerprint density at radius 2 is 1.66 bits per heavy atom. The topological polar surface area (TPSA) is 43.9 Å². The van der Waals surface area contributed by atoms with Gasteiger partial charge in [-0.15, -0.1) is 11.3 Å². The SMILES string of the molecule is O=C(N1CCCC1)N1CCC(C(=O)N(Cc2cccs2)c2ccc(F)cc2)CC1. The van der Waals surface area contributed by atoms with Crippen LogP contribution < -0.4 is 4.90 Å². The molecule has 7 heteroatoms. The molecule has 0 bridgehead atoms. The second-order valence-corrected chi connectivity index (χ2v) is 8.75. The Labute approximate surface area is 174 Å². The number of thiophene rings is 1. The number of amides is 3. The molecule has 2 saturated heterocycles. The molecule has 3 amide bonds. The van der Waals surface area contributed by atoms with Gasteiger partial charge in [0, 0.05) is 42.7 Å². The maximum absolute atomic E-state index is 13.4. The van der Waals surface area contributed by atoms with Crippen LogP contribution in [0.15, 0.2) is 41.8 Å². The number of benzene rings is 1. The highest BCUT2D eigenvalue weighted by Crippen LogP contribution is 2.27. The number of carbonyl (C=O) groups is 2. The van der Waals surface area contributed by atoms with Gasteiger partial charge in [-0.05, 0) is 61.4 Å². The second-order valence-electron chi connectivity index (χ2n) is 7.72. The molecule has 154 valence electrons. The molecular weight excluding hydrogens is 389 g/mol. The molecule has 2 aliphatic rings. The minimum absolute atomic E-state index is 0.0540. The molecule has 0 saturated carbocycles. The Hall–Kier alpha value is -2.41. The summed E-state index contributed by atoms with van der Waals surface area (Å²) >= 11 is 1.61. The van der Waals surface area contributed by atoms with Crippen LogP contribution in [-0.2, 0) is 11.3 Å². The van der Waals surface area contributed by atoms with Crippen molar-refractivity contribution in [1.29, 1.82) is 0 Å². The molecule has 5 nitrogen and oxygen atoms in total. The van der Waals surface area contributed by atoms with Crippen LogP contribution in [0.1, 0.15) is 30.6 Å². The highest BCUT2D eigenvalue weighted by molar-refractivity contribution is 7.09. The first-order chi connectivity index (χ1) is 14.1. The van der Waals surface area contributed by atoms with E-state index in [1.54, 1.807) is 28.4 Å². The van der Waals surface area contributed by atoms with E-state index in [0.29, 0.717) is 38.2 Å². The summed E-state index contributed by atoms with van der Waals surface area (Å²) in [6.07, 6.45) is 3.49. The fourth-order valence-electron chi connectivity index (χ4n) is 4.12. The molecule has 2 aromatic rings. The van der Waals surface area contributed by atoms with Gasteiger partial charge in [-0.1, -0.05) is 6.07 Å². The molecule has 4 rings (SSSR count). The van der Waals surface area contributed by atoms with Gasteiger partial charge >= 0.3 is 6.03 Å².